The number of para-hydroxylation sites is 1. The van der Waals surface area contributed by atoms with Gasteiger partial charge in [0.05, 0.1) is 6.33 Å². The van der Waals surface area contributed by atoms with Crippen LogP contribution in [0.3, 0.4) is 0 Å². The summed E-state index contributed by atoms with van der Waals surface area (Å²) in [6.07, 6.45) is 6.45. The van der Waals surface area contributed by atoms with Crippen molar-refractivity contribution in [2.24, 2.45) is 0 Å². The van der Waals surface area contributed by atoms with Gasteiger partial charge >= 0.3 is 0 Å². The largest absolute Gasteiger partial charge is 0.399 e. The number of nitrogens with one attached hydrogen (secondary N) is 1. The lowest BCUT2D eigenvalue weighted by molar-refractivity contribution is -0.121. The minimum Gasteiger partial charge on any atom is -0.399 e. The molecule has 0 unspecified atom stereocenters. The third-order valence-electron chi connectivity index (χ3n) is 2.93. The van der Waals surface area contributed by atoms with E-state index in [9.17, 15) is 4.79 Å². The van der Waals surface area contributed by atoms with Gasteiger partial charge in [0, 0.05) is 37.6 Å². The first-order valence-corrected chi connectivity index (χ1v) is 6.31. The number of anilines is 1. The van der Waals surface area contributed by atoms with Crippen molar-refractivity contribution >= 4 is 36.4 Å². The van der Waals surface area contributed by atoms with Crippen molar-refractivity contribution in [3.63, 3.8) is 0 Å². The van der Waals surface area contributed by atoms with Crippen molar-refractivity contribution in [3.8, 4) is 0 Å². The molecule has 5 nitrogen and oxygen atoms in total. The van der Waals surface area contributed by atoms with Gasteiger partial charge in [0.25, 0.3) is 0 Å². The van der Waals surface area contributed by atoms with E-state index < -0.39 is 0 Å². The Morgan fingerprint density at radius 1 is 1.29 bits per heavy atom. The first kappa shape index (κ1) is 19.3. The van der Waals surface area contributed by atoms with E-state index in [4.69, 9.17) is 5.73 Å². The number of benzene rings is 1. The number of aromatic nitrogens is 2. The van der Waals surface area contributed by atoms with Crippen LogP contribution in [0.1, 0.15) is 12.0 Å². The second kappa shape index (κ2) is 10.1. The molecule has 2 aromatic rings. The molecule has 0 saturated heterocycles. The number of carbonyl (C=O) groups is 1. The molecule has 21 heavy (non-hydrogen) atoms. The van der Waals surface area contributed by atoms with Crippen LogP contribution in [-0.2, 0) is 17.8 Å². The maximum absolute atomic E-state index is 11.7. The van der Waals surface area contributed by atoms with Crippen LogP contribution in [0.15, 0.2) is 43.0 Å². The standard InChI is InChI=1S/C14H18N4O.2ClH/c15-13-4-2-1-3-12(13)5-6-14(19)17-8-10-18-9-7-16-11-18;;/h1-4,7,9,11H,5-6,8,10,15H2,(H,17,19);2*1H. The smallest absolute Gasteiger partial charge is 0.220 e. The molecule has 1 heterocycles. The molecule has 0 aliphatic heterocycles. The number of halogens is 2. The number of hydrogen-bond donors (Lipinski definition) is 2. The molecule has 0 spiro atoms. The minimum absolute atomic E-state index is 0. The van der Waals surface area contributed by atoms with Crippen LogP contribution in [0.25, 0.3) is 0 Å². The highest BCUT2D eigenvalue weighted by Crippen LogP contribution is 2.12. The van der Waals surface area contributed by atoms with Gasteiger partial charge in [-0.1, -0.05) is 18.2 Å². The summed E-state index contributed by atoms with van der Waals surface area (Å²) in [5.74, 6) is 0.0448. The summed E-state index contributed by atoms with van der Waals surface area (Å²) in [7, 11) is 0. The maximum atomic E-state index is 11.7. The fraction of sp³-hybridized carbons (Fsp3) is 0.286. The van der Waals surface area contributed by atoms with E-state index in [1.165, 1.54) is 0 Å². The normalized spacial score (nSPS) is 9.33. The zero-order chi connectivity index (χ0) is 13.5. The van der Waals surface area contributed by atoms with Crippen molar-refractivity contribution in [2.75, 3.05) is 12.3 Å². The summed E-state index contributed by atoms with van der Waals surface area (Å²) < 4.78 is 1.93. The number of hydrogen-bond acceptors (Lipinski definition) is 3. The quantitative estimate of drug-likeness (QED) is 0.796. The molecule has 1 amide bonds. The number of amides is 1. The lowest BCUT2D eigenvalue weighted by atomic mass is 10.1. The van der Waals surface area contributed by atoms with Gasteiger partial charge in [-0.05, 0) is 18.1 Å². The van der Waals surface area contributed by atoms with Crippen LogP contribution in [0.2, 0.25) is 0 Å². The van der Waals surface area contributed by atoms with Gasteiger partial charge in [0.2, 0.25) is 5.91 Å². The molecule has 1 aromatic heterocycles. The Balaban J connectivity index is 0.00000200. The molecule has 0 saturated carbocycles. The van der Waals surface area contributed by atoms with Crippen molar-refractivity contribution in [1.82, 2.24) is 14.9 Å². The molecular weight excluding hydrogens is 311 g/mol. The second-order valence-electron chi connectivity index (χ2n) is 4.35. The lowest BCUT2D eigenvalue weighted by Crippen LogP contribution is -2.27. The zero-order valence-electron chi connectivity index (χ0n) is 11.6. The van der Waals surface area contributed by atoms with E-state index in [1.807, 2.05) is 35.0 Å². The van der Waals surface area contributed by atoms with Crippen LogP contribution in [-0.4, -0.2) is 22.0 Å². The van der Waals surface area contributed by atoms with Crippen LogP contribution in [0.5, 0.6) is 0 Å². The topological polar surface area (TPSA) is 72.9 Å². The van der Waals surface area contributed by atoms with Gasteiger partial charge in [-0.25, -0.2) is 4.98 Å². The first-order valence-electron chi connectivity index (χ1n) is 6.31. The molecule has 7 heteroatoms. The Morgan fingerprint density at radius 2 is 2.05 bits per heavy atom. The number of imidazole rings is 1. The van der Waals surface area contributed by atoms with Crippen LogP contribution >= 0.6 is 24.8 Å². The van der Waals surface area contributed by atoms with Crippen LogP contribution in [0.4, 0.5) is 5.69 Å². The molecular formula is C14H20Cl2N4O. The summed E-state index contributed by atoms with van der Waals surface area (Å²) in [6.45, 7) is 1.35. The highest BCUT2D eigenvalue weighted by atomic mass is 35.5. The van der Waals surface area contributed by atoms with Crippen LogP contribution < -0.4 is 11.1 Å². The minimum atomic E-state index is 0. The Morgan fingerprint density at radius 3 is 2.71 bits per heavy atom. The molecule has 1 aromatic carbocycles. The SMILES string of the molecule is Cl.Cl.Nc1ccccc1CCC(=O)NCCn1ccnc1. The third kappa shape index (κ3) is 6.51. The predicted octanol–water partition coefficient (Wildman–Crippen LogP) is 2.06. The van der Waals surface area contributed by atoms with Gasteiger partial charge in [-0.3, -0.25) is 4.79 Å². The molecule has 2 rings (SSSR count). The predicted molar refractivity (Wildman–Crippen MR) is 88.9 cm³/mol. The van der Waals surface area contributed by atoms with E-state index >= 15 is 0 Å². The van der Waals surface area contributed by atoms with Crippen LogP contribution in [0, 0.1) is 0 Å². The lowest BCUT2D eigenvalue weighted by Gasteiger charge is -2.07. The highest BCUT2D eigenvalue weighted by molar-refractivity contribution is 5.85. The summed E-state index contributed by atoms with van der Waals surface area (Å²) in [5.41, 5.74) is 7.59. The van der Waals surface area contributed by atoms with E-state index in [2.05, 4.69) is 10.3 Å². The summed E-state index contributed by atoms with van der Waals surface area (Å²) in [4.78, 5) is 15.6. The fourth-order valence-electron chi connectivity index (χ4n) is 1.84. The molecule has 3 N–H and O–H groups in total. The molecule has 0 aliphatic rings. The second-order valence-corrected chi connectivity index (χ2v) is 4.35. The van der Waals surface area contributed by atoms with Crippen molar-refractivity contribution in [1.29, 1.82) is 0 Å². The number of nitrogens with zero attached hydrogens (tertiary/aromatic N) is 2. The Labute approximate surface area is 136 Å². The third-order valence-corrected chi connectivity index (χ3v) is 2.93. The Bertz CT molecular complexity index is 532. The molecule has 0 bridgehead atoms. The highest BCUT2D eigenvalue weighted by Gasteiger charge is 2.03. The van der Waals surface area contributed by atoms with Crippen molar-refractivity contribution in [2.45, 2.75) is 19.4 Å². The average molecular weight is 331 g/mol. The van der Waals surface area contributed by atoms with Crippen molar-refractivity contribution < 1.29 is 4.79 Å². The fourth-order valence-corrected chi connectivity index (χ4v) is 1.84. The molecule has 0 fully saturated rings. The molecule has 0 radical (unpaired) electrons. The Kier molecular flexibility index (Phi) is 9.25. The number of nitrogen functional groups attached to an aromatic ring is 1. The van der Waals surface area contributed by atoms with E-state index in [1.54, 1.807) is 12.5 Å². The van der Waals surface area contributed by atoms with Gasteiger partial charge in [0.15, 0.2) is 0 Å². The number of aryl methyl sites for hydroxylation is 1. The van der Waals surface area contributed by atoms with Gasteiger partial charge < -0.3 is 15.6 Å². The number of rotatable bonds is 6. The van der Waals surface area contributed by atoms with Gasteiger partial charge in [-0.2, -0.15) is 0 Å². The van der Waals surface area contributed by atoms with E-state index in [0.29, 0.717) is 19.4 Å². The summed E-state index contributed by atoms with van der Waals surface area (Å²) in [6, 6.07) is 7.63. The zero-order valence-corrected chi connectivity index (χ0v) is 13.2. The molecule has 116 valence electrons. The van der Waals surface area contributed by atoms with E-state index in [0.717, 1.165) is 17.8 Å². The number of carbonyl (C=O) groups excluding carboxylic acids is 1. The number of nitrogens with two attached hydrogens (primary N) is 1. The van der Waals surface area contributed by atoms with Gasteiger partial charge in [0.1, 0.15) is 0 Å². The van der Waals surface area contributed by atoms with Gasteiger partial charge in [-0.15, -0.1) is 24.8 Å². The average Bonchev–Trinajstić information content (AvgIpc) is 2.91. The molecule has 0 aliphatic carbocycles. The maximum Gasteiger partial charge on any atom is 0.220 e. The molecule has 0 atom stereocenters. The first-order chi connectivity index (χ1) is 9.25. The Hall–Kier alpha value is -1.72. The summed E-state index contributed by atoms with van der Waals surface area (Å²) in [5, 5.41) is 2.88. The monoisotopic (exact) mass is 330 g/mol. The van der Waals surface area contributed by atoms with E-state index in [-0.39, 0.29) is 30.7 Å². The van der Waals surface area contributed by atoms with Crippen molar-refractivity contribution in [3.05, 3.63) is 48.5 Å². The summed E-state index contributed by atoms with van der Waals surface area (Å²) >= 11 is 0.